The van der Waals surface area contributed by atoms with E-state index in [2.05, 4.69) is 27.2 Å². The van der Waals surface area contributed by atoms with Crippen LogP contribution in [0.25, 0.3) is 0 Å². The number of methoxy groups -OCH3 is 1. The largest absolute Gasteiger partial charge is 0.497 e. The SMILES string of the molecule is COc1ccc(C2CCN(c3nnc(C4CC4)s3)C2)cc1. The summed E-state index contributed by atoms with van der Waals surface area (Å²) in [4.78, 5) is 2.39. The maximum atomic E-state index is 5.23. The molecule has 5 heteroatoms. The van der Waals surface area contributed by atoms with Crippen LogP contribution in [-0.4, -0.2) is 30.4 Å². The second kappa shape index (κ2) is 5.30. The standard InChI is InChI=1S/C16H19N3OS/c1-20-14-6-4-11(5-7-14)13-8-9-19(10-13)16-18-17-15(21-16)12-2-3-12/h4-7,12-13H,2-3,8-10H2,1H3. The summed E-state index contributed by atoms with van der Waals surface area (Å²) < 4.78 is 5.23. The summed E-state index contributed by atoms with van der Waals surface area (Å²) in [6.45, 7) is 2.13. The third kappa shape index (κ3) is 2.62. The van der Waals surface area contributed by atoms with Gasteiger partial charge in [-0.05, 0) is 37.0 Å². The lowest BCUT2D eigenvalue weighted by Gasteiger charge is -2.14. The highest BCUT2D eigenvalue weighted by molar-refractivity contribution is 7.15. The van der Waals surface area contributed by atoms with Crippen LogP contribution in [0.1, 0.15) is 41.7 Å². The van der Waals surface area contributed by atoms with Crippen LogP contribution in [0, 0.1) is 0 Å². The van der Waals surface area contributed by atoms with E-state index in [1.54, 1.807) is 18.4 Å². The van der Waals surface area contributed by atoms with E-state index in [0.717, 1.165) is 24.0 Å². The van der Waals surface area contributed by atoms with Crippen molar-refractivity contribution in [2.45, 2.75) is 31.1 Å². The molecule has 1 atom stereocenters. The van der Waals surface area contributed by atoms with Gasteiger partial charge < -0.3 is 9.64 Å². The van der Waals surface area contributed by atoms with E-state index in [1.165, 1.54) is 29.8 Å². The number of nitrogens with zero attached hydrogens (tertiary/aromatic N) is 3. The van der Waals surface area contributed by atoms with Crippen molar-refractivity contribution in [1.82, 2.24) is 10.2 Å². The molecule has 1 aliphatic carbocycles. The van der Waals surface area contributed by atoms with Crippen molar-refractivity contribution < 1.29 is 4.74 Å². The highest BCUT2D eigenvalue weighted by Gasteiger charge is 2.30. The molecule has 1 unspecified atom stereocenters. The van der Waals surface area contributed by atoms with Crippen LogP contribution in [0.15, 0.2) is 24.3 Å². The molecule has 0 spiro atoms. The number of rotatable bonds is 4. The molecule has 1 aliphatic heterocycles. The number of hydrogen-bond donors (Lipinski definition) is 0. The van der Waals surface area contributed by atoms with Crippen molar-refractivity contribution in [2.24, 2.45) is 0 Å². The van der Waals surface area contributed by atoms with Crippen molar-refractivity contribution in [3.8, 4) is 5.75 Å². The topological polar surface area (TPSA) is 38.2 Å². The van der Waals surface area contributed by atoms with Crippen LogP contribution in [0.2, 0.25) is 0 Å². The normalized spacial score (nSPS) is 21.8. The molecule has 4 rings (SSSR count). The molecule has 1 saturated heterocycles. The van der Waals surface area contributed by atoms with E-state index in [-0.39, 0.29) is 0 Å². The van der Waals surface area contributed by atoms with Crippen LogP contribution in [0.5, 0.6) is 5.75 Å². The van der Waals surface area contributed by atoms with Crippen molar-refractivity contribution in [3.63, 3.8) is 0 Å². The molecule has 2 fully saturated rings. The average molecular weight is 301 g/mol. The molecule has 0 bridgehead atoms. The van der Waals surface area contributed by atoms with Gasteiger partial charge in [0.15, 0.2) is 0 Å². The van der Waals surface area contributed by atoms with Crippen LogP contribution >= 0.6 is 11.3 Å². The molecule has 21 heavy (non-hydrogen) atoms. The van der Waals surface area contributed by atoms with Gasteiger partial charge in [-0.3, -0.25) is 0 Å². The number of hydrogen-bond acceptors (Lipinski definition) is 5. The van der Waals surface area contributed by atoms with Gasteiger partial charge in [0.2, 0.25) is 5.13 Å². The minimum Gasteiger partial charge on any atom is -0.497 e. The first-order valence-electron chi connectivity index (χ1n) is 7.56. The summed E-state index contributed by atoms with van der Waals surface area (Å²) in [6.07, 6.45) is 3.77. The Balaban J connectivity index is 1.45. The molecule has 1 saturated carbocycles. The highest BCUT2D eigenvalue weighted by atomic mass is 32.1. The second-order valence-electron chi connectivity index (χ2n) is 5.90. The van der Waals surface area contributed by atoms with E-state index >= 15 is 0 Å². The van der Waals surface area contributed by atoms with Crippen LogP contribution in [-0.2, 0) is 0 Å². The average Bonchev–Trinajstić information content (AvgIpc) is 3.07. The Hall–Kier alpha value is -1.62. The molecule has 0 radical (unpaired) electrons. The van der Waals surface area contributed by atoms with E-state index in [0.29, 0.717) is 11.8 Å². The van der Waals surface area contributed by atoms with E-state index in [1.807, 2.05) is 12.1 Å². The zero-order chi connectivity index (χ0) is 14.2. The molecule has 4 nitrogen and oxygen atoms in total. The second-order valence-corrected chi connectivity index (χ2v) is 6.89. The quantitative estimate of drug-likeness (QED) is 0.867. The first-order chi connectivity index (χ1) is 10.3. The van der Waals surface area contributed by atoms with Crippen molar-refractivity contribution in [1.29, 1.82) is 0 Å². The fraction of sp³-hybridized carbons (Fsp3) is 0.500. The molecule has 2 aromatic rings. The smallest absolute Gasteiger partial charge is 0.208 e. The Morgan fingerprint density at radius 3 is 2.62 bits per heavy atom. The van der Waals surface area contributed by atoms with E-state index < -0.39 is 0 Å². The third-order valence-corrected chi connectivity index (χ3v) is 5.55. The summed E-state index contributed by atoms with van der Waals surface area (Å²) in [6, 6.07) is 8.47. The van der Waals surface area contributed by atoms with Crippen LogP contribution in [0.4, 0.5) is 5.13 Å². The number of anilines is 1. The number of ether oxygens (including phenoxy) is 1. The molecule has 0 amide bonds. The predicted molar refractivity (Wildman–Crippen MR) is 84.4 cm³/mol. The van der Waals surface area contributed by atoms with Gasteiger partial charge in [0.05, 0.1) is 7.11 Å². The lowest BCUT2D eigenvalue weighted by Crippen LogP contribution is -2.18. The van der Waals surface area contributed by atoms with Gasteiger partial charge in [0, 0.05) is 24.9 Å². The lowest BCUT2D eigenvalue weighted by molar-refractivity contribution is 0.414. The molecule has 1 aromatic heterocycles. The zero-order valence-corrected chi connectivity index (χ0v) is 13.0. The Morgan fingerprint density at radius 2 is 1.90 bits per heavy atom. The maximum Gasteiger partial charge on any atom is 0.208 e. The van der Waals surface area contributed by atoms with Crippen molar-refractivity contribution in [3.05, 3.63) is 34.8 Å². The van der Waals surface area contributed by atoms with Crippen LogP contribution in [0.3, 0.4) is 0 Å². The first kappa shape index (κ1) is 13.1. The first-order valence-corrected chi connectivity index (χ1v) is 8.37. The monoisotopic (exact) mass is 301 g/mol. The fourth-order valence-corrected chi connectivity index (χ4v) is 3.98. The molecule has 2 aliphatic rings. The third-order valence-electron chi connectivity index (χ3n) is 4.40. The Labute approximate surface area is 128 Å². The molecule has 2 heterocycles. The fourth-order valence-electron chi connectivity index (χ4n) is 2.93. The summed E-state index contributed by atoms with van der Waals surface area (Å²) in [5.41, 5.74) is 1.39. The van der Waals surface area contributed by atoms with E-state index in [9.17, 15) is 0 Å². The molecular weight excluding hydrogens is 282 g/mol. The molecular formula is C16H19N3OS. The molecule has 110 valence electrons. The highest BCUT2D eigenvalue weighted by Crippen LogP contribution is 2.43. The lowest BCUT2D eigenvalue weighted by atomic mass is 9.98. The Bertz CT molecular complexity index is 621. The minimum absolute atomic E-state index is 0.587. The zero-order valence-electron chi connectivity index (χ0n) is 12.2. The van der Waals surface area contributed by atoms with Gasteiger partial charge in [-0.15, -0.1) is 10.2 Å². The van der Waals surface area contributed by atoms with Gasteiger partial charge in [0.25, 0.3) is 0 Å². The van der Waals surface area contributed by atoms with Gasteiger partial charge >= 0.3 is 0 Å². The van der Waals surface area contributed by atoms with Gasteiger partial charge in [-0.1, -0.05) is 23.5 Å². The van der Waals surface area contributed by atoms with Crippen molar-refractivity contribution in [2.75, 3.05) is 25.1 Å². The van der Waals surface area contributed by atoms with Gasteiger partial charge in [-0.2, -0.15) is 0 Å². The summed E-state index contributed by atoms with van der Waals surface area (Å²) in [5.74, 6) is 2.22. The Morgan fingerprint density at radius 1 is 1.10 bits per heavy atom. The minimum atomic E-state index is 0.587. The summed E-state index contributed by atoms with van der Waals surface area (Å²) in [5, 5.41) is 11.1. The predicted octanol–water partition coefficient (Wildman–Crippen LogP) is 3.42. The number of aromatic nitrogens is 2. The Kier molecular flexibility index (Phi) is 3.30. The molecule has 1 aromatic carbocycles. The summed E-state index contributed by atoms with van der Waals surface area (Å²) >= 11 is 1.79. The maximum absolute atomic E-state index is 5.23. The molecule has 0 N–H and O–H groups in total. The number of benzene rings is 1. The van der Waals surface area contributed by atoms with Crippen LogP contribution < -0.4 is 9.64 Å². The van der Waals surface area contributed by atoms with Crippen molar-refractivity contribution >= 4 is 16.5 Å². The van der Waals surface area contributed by atoms with E-state index in [4.69, 9.17) is 4.74 Å². The van der Waals surface area contributed by atoms with Gasteiger partial charge in [-0.25, -0.2) is 0 Å². The summed E-state index contributed by atoms with van der Waals surface area (Å²) in [7, 11) is 1.71. The van der Waals surface area contributed by atoms with Gasteiger partial charge in [0.1, 0.15) is 10.8 Å².